The highest BCUT2D eigenvalue weighted by atomic mass is 16.6. The Balaban J connectivity index is 2.61. The molecule has 1 aromatic carbocycles. The number of hydrogen-bond acceptors (Lipinski definition) is 6. The summed E-state index contributed by atoms with van der Waals surface area (Å²) in [6.07, 6.45) is 1.32. The molecular weight excluding hydrogens is 266 g/mol. The molecule has 104 valence electrons. The van der Waals surface area contributed by atoms with Crippen LogP contribution >= 0.6 is 0 Å². The lowest BCUT2D eigenvalue weighted by Gasteiger charge is -2.09. The summed E-state index contributed by atoms with van der Waals surface area (Å²) in [7, 11) is 2.74. The van der Waals surface area contributed by atoms with Crippen molar-refractivity contribution in [2.75, 3.05) is 14.2 Å². The molecule has 0 bridgehead atoms. The van der Waals surface area contributed by atoms with E-state index in [1.165, 1.54) is 38.7 Å². The van der Waals surface area contributed by atoms with Crippen LogP contribution in [0, 0.1) is 10.1 Å². The predicted molar refractivity (Wildman–Crippen MR) is 68.3 cm³/mol. The predicted octanol–water partition coefficient (Wildman–Crippen LogP) is 2.44. The first kappa shape index (κ1) is 13.6. The minimum Gasteiger partial charge on any atom is -0.493 e. The molecule has 0 unspecified atom stereocenters. The van der Waals surface area contributed by atoms with Crippen LogP contribution in [0.25, 0.3) is 0 Å². The van der Waals surface area contributed by atoms with Gasteiger partial charge in [-0.3, -0.25) is 14.9 Å². The van der Waals surface area contributed by atoms with Crippen LogP contribution in [0.3, 0.4) is 0 Å². The maximum Gasteiger partial charge on any atom is 0.284 e. The van der Waals surface area contributed by atoms with Crippen molar-refractivity contribution >= 4 is 11.5 Å². The number of nitrogens with zero attached hydrogens (tertiary/aromatic N) is 1. The van der Waals surface area contributed by atoms with Crippen LogP contribution in [0.15, 0.2) is 34.9 Å². The quantitative estimate of drug-likeness (QED) is 0.473. The Bertz CT molecular complexity index is 647. The molecule has 0 atom stereocenters. The van der Waals surface area contributed by atoms with Crippen LogP contribution in [0.4, 0.5) is 5.69 Å². The molecule has 1 heterocycles. The standard InChI is InChI=1S/C13H11NO6/c1-18-11-6-8(13(15)10-4-3-5-20-10)9(14(16)17)7-12(11)19-2/h3-7H,1-2H3. The Morgan fingerprint density at radius 3 is 2.40 bits per heavy atom. The van der Waals surface area contributed by atoms with Gasteiger partial charge in [0.15, 0.2) is 17.3 Å². The Morgan fingerprint density at radius 2 is 1.90 bits per heavy atom. The fourth-order valence-electron chi connectivity index (χ4n) is 1.74. The minimum atomic E-state index is -0.655. The zero-order valence-electron chi connectivity index (χ0n) is 10.8. The van der Waals surface area contributed by atoms with Crippen molar-refractivity contribution in [1.29, 1.82) is 0 Å². The summed E-state index contributed by atoms with van der Waals surface area (Å²) in [5.74, 6) is -0.175. The van der Waals surface area contributed by atoms with Crippen molar-refractivity contribution in [3.8, 4) is 11.5 Å². The molecule has 0 aliphatic heterocycles. The van der Waals surface area contributed by atoms with Crippen molar-refractivity contribution in [2.24, 2.45) is 0 Å². The smallest absolute Gasteiger partial charge is 0.284 e. The normalized spacial score (nSPS) is 10.1. The summed E-state index contributed by atoms with van der Waals surface area (Å²) in [6.45, 7) is 0. The molecule has 0 saturated carbocycles. The van der Waals surface area contributed by atoms with Gasteiger partial charge in [-0.2, -0.15) is 0 Å². The van der Waals surface area contributed by atoms with Gasteiger partial charge in [-0.05, 0) is 12.1 Å². The average Bonchev–Trinajstić information content (AvgIpc) is 2.98. The van der Waals surface area contributed by atoms with E-state index in [2.05, 4.69) is 0 Å². The maximum atomic E-state index is 12.2. The lowest BCUT2D eigenvalue weighted by molar-refractivity contribution is -0.385. The fraction of sp³-hybridized carbons (Fsp3) is 0.154. The van der Waals surface area contributed by atoms with Gasteiger partial charge in [0.2, 0.25) is 5.78 Å². The van der Waals surface area contributed by atoms with E-state index in [9.17, 15) is 14.9 Å². The zero-order chi connectivity index (χ0) is 14.7. The third-order valence-electron chi connectivity index (χ3n) is 2.69. The number of rotatable bonds is 5. The van der Waals surface area contributed by atoms with E-state index in [1.807, 2.05) is 0 Å². The summed E-state index contributed by atoms with van der Waals surface area (Å²) in [5, 5.41) is 11.1. The molecule has 0 spiro atoms. The molecule has 0 fully saturated rings. The molecule has 0 radical (unpaired) electrons. The fourth-order valence-corrected chi connectivity index (χ4v) is 1.74. The van der Waals surface area contributed by atoms with Gasteiger partial charge in [0.05, 0.1) is 31.5 Å². The number of carbonyl (C=O) groups is 1. The van der Waals surface area contributed by atoms with Gasteiger partial charge >= 0.3 is 0 Å². The highest BCUT2D eigenvalue weighted by Crippen LogP contribution is 2.35. The van der Waals surface area contributed by atoms with Crippen molar-refractivity contribution in [2.45, 2.75) is 0 Å². The summed E-state index contributed by atoms with van der Waals surface area (Å²) in [5.41, 5.74) is -0.494. The topological polar surface area (TPSA) is 91.8 Å². The van der Waals surface area contributed by atoms with Gasteiger partial charge in [-0.1, -0.05) is 0 Å². The van der Waals surface area contributed by atoms with Crippen LogP contribution in [-0.2, 0) is 0 Å². The molecular formula is C13H11NO6. The second kappa shape index (κ2) is 5.43. The Morgan fingerprint density at radius 1 is 1.25 bits per heavy atom. The summed E-state index contributed by atoms with van der Waals surface area (Å²) < 4.78 is 15.0. The zero-order valence-corrected chi connectivity index (χ0v) is 10.8. The van der Waals surface area contributed by atoms with Gasteiger partial charge in [0.25, 0.3) is 5.69 Å². The van der Waals surface area contributed by atoms with E-state index in [0.717, 1.165) is 6.07 Å². The van der Waals surface area contributed by atoms with Crippen LogP contribution in [-0.4, -0.2) is 24.9 Å². The molecule has 1 aromatic heterocycles. The van der Waals surface area contributed by atoms with Crippen molar-refractivity contribution < 1.29 is 23.6 Å². The second-order valence-electron chi connectivity index (χ2n) is 3.79. The molecule has 2 aromatic rings. The number of ether oxygens (including phenoxy) is 2. The average molecular weight is 277 g/mol. The first-order valence-electron chi connectivity index (χ1n) is 5.57. The number of ketones is 1. The number of nitro benzene ring substituents is 1. The van der Waals surface area contributed by atoms with Gasteiger partial charge in [0.1, 0.15) is 5.56 Å². The summed E-state index contributed by atoms with van der Waals surface area (Å²) >= 11 is 0. The highest BCUT2D eigenvalue weighted by Gasteiger charge is 2.26. The van der Waals surface area contributed by atoms with E-state index >= 15 is 0 Å². The van der Waals surface area contributed by atoms with Crippen LogP contribution in [0.2, 0.25) is 0 Å². The maximum absolute atomic E-state index is 12.2. The van der Waals surface area contributed by atoms with Crippen molar-refractivity contribution in [1.82, 2.24) is 0 Å². The molecule has 2 rings (SSSR count). The van der Waals surface area contributed by atoms with Crippen LogP contribution < -0.4 is 9.47 Å². The molecule has 0 aliphatic carbocycles. The molecule has 0 amide bonds. The van der Waals surface area contributed by atoms with Crippen LogP contribution in [0.5, 0.6) is 11.5 Å². The number of methoxy groups -OCH3 is 2. The molecule has 7 nitrogen and oxygen atoms in total. The third kappa shape index (κ3) is 2.33. The molecule has 0 N–H and O–H groups in total. The Hall–Kier alpha value is -2.83. The van der Waals surface area contributed by atoms with Crippen molar-refractivity contribution in [3.63, 3.8) is 0 Å². The Labute approximate surface area is 113 Å². The molecule has 0 saturated heterocycles. The number of furan rings is 1. The van der Waals surface area contributed by atoms with Gasteiger partial charge in [-0.15, -0.1) is 0 Å². The lowest BCUT2D eigenvalue weighted by Crippen LogP contribution is -2.06. The molecule has 0 aliphatic rings. The number of hydrogen-bond donors (Lipinski definition) is 0. The van der Waals surface area contributed by atoms with Crippen molar-refractivity contribution in [3.05, 3.63) is 52.0 Å². The molecule has 7 heteroatoms. The van der Waals surface area contributed by atoms with Crippen LogP contribution in [0.1, 0.15) is 16.1 Å². The van der Waals surface area contributed by atoms with Gasteiger partial charge in [-0.25, -0.2) is 0 Å². The van der Waals surface area contributed by atoms with Gasteiger partial charge in [0, 0.05) is 6.07 Å². The third-order valence-corrected chi connectivity index (χ3v) is 2.69. The van der Waals surface area contributed by atoms with E-state index in [1.54, 1.807) is 0 Å². The first-order valence-corrected chi connectivity index (χ1v) is 5.57. The number of nitro groups is 1. The highest BCUT2D eigenvalue weighted by molar-refractivity contribution is 6.10. The van der Waals surface area contributed by atoms with E-state index in [4.69, 9.17) is 13.9 Å². The largest absolute Gasteiger partial charge is 0.493 e. The lowest BCUT2D eigenvalue weighted by atomic mass is 10.1. The Kier molecular flexibility index (Phi) is 3.69. The minimum absolute atomic E-state index is 0.0142. The number of benzene rings is 1. The first-order chi connectivity index (χ1) is 9.58. The monoisotopic (exact) mass is 277 g/mol. The summed E-state index contributed by atoms with van der Waals surface area (Å²) in [6, 6.07) is 5.37. The number of carbonyl (C=O) groups excluding carboxylic acids is 1. The second-order valence-corrected chi connectivity index (χ2v) is 3.79. The molecule has 20 heavy (non-hydrogen) atoms. The summed E-state index contributed by atoms with van der Waals surface area (Å²) in [4.78, 5) is 22.6. The van der Waals surface area contributed by atoms with E-state index < -0.39 is 10.7 Å². The van der Waals surface area contributed by atoms with Gasteiger partial charge < -0.3 is 13.9 Å². The SMILES string of the molecule is COc1cc(C(=O)c2ccco2)c([N+](=O)[O-])cc1OC. The van der Waals surface area contributed by atoms with E-state index in [-0.39, 0.29) is 28.5 Å². The van der Waals surface area contributed by atoms with E-state index in [0.29, 0.717) is 0 Å².